The van der Waals surface area contributed by atoms with Crippen LogP contribution >= 0.6 is 23.4 Å². The van der Waals surface area contributed by atoms with Gasteiger partial charge in [-0.15, -0.1) is 11.8 Å². The van der Waals surface area contributed by atoms with Crippen molar-refractivity contribution in [3.63, 3.8) is 0 Å². The van der Waals surface area contributed by atoms with E-state index in [4.69, 9.17) is 11.6 Å². The normalized spacial score (nSPS) is 11.6. The van der Waals surface area contributed by atoms with Crippen molar-refractivity contribution in [3.8, 4) is 0 Å². The molecule has 0 bridgehead atoms. The molecule has 2 amide bonds. The maximum atomic E-state index is 11.8. The molecule has 0 heterocycles. The van der Waals surface area contributed by atoms with Crippen LogP contribution in [-0.4, -0.2) is 29.7 Å². The third-order valence-corrected chi connectivity index (χ3v) is 4.36. The van der Waals surface area contributed by atoms with Gasteiger partial charge in [0.05, 0.1) is 16.8 Å². The molecule has 0 saturated carbocycles. The van der Waals surface area contributed by atoms with Crippen molar-refractivity contribution in [1.82, 2.24) is 5.32 Å². The maximum absolute atomic E-state index is 11.8. The lowest BCUT2D eigenvalue weighted by Crippen LogP contribution is -2.37. The SMILES string of the molecule is CSc1ccc(C(O)CNC(=O)C(=O)Nc2ccccc2Cl)cc1. The second-order valence-electron chi connectivity index (χ2n) is 4.93. The van der Waals surface area contributed by atoms with Gasteiger partial charge in [-0.2, -0.15) is 0 Å². The third-order valence-electron chi connectivity index (χ3n) is 3.28. The van der Waals surface area contributed by atoms with Crippen molar-refractivity contribution in [2.45, 2.75) is 11.0 Å². The topological polar surface area (TPSA) is 78.4 Å². The van der Waals surface area contributed by atoms with E-state index < -0.39 is 17.9 Å². The summed E-state index contributed by atoms with van der Waals surface area (Å²) >= 11 is 7.52. The summed E-state index contributed by atoms with van der Waals surface area (Å²) in [6.45, 7) is -0.0621. The highest BCUT2D eigenvalue weighted by Gasteiger charge is 2.16. The molecule has 3 N–H and O–H groups in total. The van der Waals surface area contributed by atoms with Gasteiger partial charge in [-0.05, 0) is 36.1 Å². The average Bonchev–Trinajstić information content (AvgIpc) is 2.61. The molecular weight excluding hydrogens is 348 g/mol. The van der Waals surface area contributed by atoms with Crippen molar-refractivity contribution in [2.75, 3.05) is 18.1 Å². The van der Waals surface area contributed by atoms with Gasteiger partial charge in [0, 0.05) is 11.4 Å². The number of hydrogen-bond donors (Lipinski definition) is 3. The number of carbonyl (C=O) groups excluding carboxylic acids is 2. The first-order valence-electron chi connectivity index (χ1n) is 7.17. The highest BCUT2D eigenvalue weighted by atomic mass is 35.5. The zero-order valence-electron chi connectivity index (χ0n) is 13.0. The Labute approximate surface area is 149 Å². The van der Waals surface area contributed by atoms with Crippen molar-refractivity contribution >= 4 is 40.9 Å². The monoisotopic (exact) mass is 364 g/mol. The summed E-state index contributed by atoms with van der Waals surface area (Å²) in [5, 5.41) is 15.2. The number of anilines is 1. The number of thioether (sulfide) groups is 1. The fourth-order valence-corrected chi connectivity index (χ4v) is 2.55. The summed E-state index contributed by atoms with van der Waals surface area (Å²) in [7, 11) is 0. The molecule has 1 unspecified atom stereocenters. The molecule has 0 aromatic heterocycles. The van der Waals surface area contributed by atoms with Crippen LogP contribution < -0.4 is 10.6 Å². The summed E-state index contributed by atoms with van der Waals surface area (Å²) in [4.78, 5) is 24.7. The van der Waals surface area contributed by atoms with Crippen LogP contribution in [-0.2, 0) is 9.59 Å². The van der Waals surface area contributed by atoms with Gasteiger partial charge in [0.15, 0.2) is 0 Å². The van der Waals surface area contributed by atoms with E-state index in [0.29, 0.717) is 16.3 Å². The van der Waals surface area contributed by atoms with Crippen molar-refractivity contribution < 1.29 is 14.7 Å². The zero-order chi connectivity index (χ0) is 17.5. The van der Waals surface area contributed by atoms with Gasteiger partial charge in [-0.25, -0.2) is 0 Å². The fraction of sp³-hybridized carbons (Fsp3) is 0.176. The van der Waals surface area contributed by atoms with Crippen LogP contribution in [0.4, 0.5) is 5.69 Å². The van der Waals surface area contributed by atoms with Gasteiger partial charge in [0.25, 0.3) is 0 Å². The van der Waals surface area contributed by atoms with Gasteiger partial charge < -0.3 is 15.7 Å². The minimum Gasteiger partial charge on any atom is -0.387 e. The largest absolute Gasteiger partial charge is 0.387 e. The van der Waals surface area contributed by atoms with E-state index in [-0.39, 0.29) is 6.54 Å². The number of hydrogen-bond acceptors (Lipinski definition) is 4. The Morgan fingerprint density at radius 2 is 1.79 bits per heavy atom. The van der Waals surface area contributed by atoms with E-state index in [9.17, 15) is 14.7 Å². The summed E-state index contributed by atoms with van der Waals surface area (Å²) in [6.07, 6.45) is 1.07. The Hall–Kier alpha value is -2.02. The highest BCUT2D eigenvalue weighted by molar-refractivity contribution is 7.98. The van der Waals surface area contributed by atoms with Crippen LogP contribution in [0.15, 0.2) is 53.4 Å². The minimum absolute atomic E-state index is 0.0621. The Morgan fingerprint density at radius 3 is 2.42 bits per heavy atom. The van der Waals surface area contributed by atoms with E-state index in [1.807, 2.05) is 18.4 Å². The lowest BCUT2D eigenvalue weighted by Gasteiger charge is -2.13. The number of rotatable bonds is 5. The molecule has 2 aromatic carbocycles. The number of aliphatic hydroxyl groups excluding tert-OH is 1. The maximum Gasteiger partial charge on any atom is 0.313 e. The second-order valence-corrected chi connectivity index (χ2v) is 6.22. The Bertz CT molecular complexity index is 722. The average molecular weight is 365 g/mol. The van der Waals surface area contributed by atoms with Crippen LogP contribution in [0.3, 0.4) is 0 Å². The number of aliphatic hydroxyl groups is 1. The number of carbonyl (C=O) groups is 2. The van der Waals surface area contributed by atoms with Crippen molar-refractivity contribution in [2.24, 2.45) is 0 Å². The third kappa shape index (κ3) is 4.99. The van der Waals surface area contributed by atoms with Gasteiger partial charge >= 0.3 is 11.8 Å². The van der Waals surface area contributed by atoms with Crippen LogP contribution in [0.2, 0.25) is 5.02 Å². The molecule has 0 aliphatic heterocycles. The highest BCUT2D eigenvalue weighted by Crippen LogP contribution is 2.20. The molecule has 2 aromatic rings. The number of benzene rings is 2. The van der Waals surface area contributed by atoms with E-state index in [1.165, 1.54) is 0 Å². The second kappa shape index (κ2) is 8.73. The number of halogens is 1. The number of para-hydroxylation sites is 1. The van der Waals surface area contributed by atoms with Gasteiger partial charge in [-0.3, -0.25) is 9.59 Å². The van der Waals surface area contributed by atoms with E-state index in [1.54, 1.807) is 48.2 Å². The summed E-state index contributed by atoms with van der Waals surface area (Å²) in [5.41, 5.74) is 1.02. The first kappa shape index (κ1) is 18.3. The molecule has 0 fully saturated rings. The minimum atomic E-state index is -0.891. The fourth-order valence-electron chi connectivity index (χ4n) is 1.96. The predicted octanol–water partition coefficient (Wildman–Crippen LogP) is 2.85. The predicted molar refractivity (Wildman–Crippen MR) is 96.3 cm³/mol. The van der Waals surface area contributed by atoms with Gasteiger partial charge in [-0.1, -0.05) is 35.9 Å². The first-order chi connectivity index (χ1) is 11.5. The summed E-state index contributed by atoms with van der Waals surface area (Å²) in [5.74, 6) is -1.68. The van der Waals surface area contributed by atoms with Crippen LogP contribution in [0.1, 0.15) is 11.7 Å². The summed E-state index contributed by atoms with van der Waals surface area (Å²) < 4.78 is 0. The van der Waals surface area contributed by atoms with E-state index in [2.05, 4.69) is 10.6 Å². The Kier molecular flexibility index (Phi) is 6.66. The van der Waals surface area contributed by atoms with Gasteiger partial charge in [0.1, 0.15) is 0 Å². The van der Waals surface area contributed by atoms with Crippen LogP contribution in [0, 0.1) is 0 Å². The lowest BCUT2D eigenvalue weighted by molar-refractivity contribution is -0.136. The standard InChI is InChI=1S/C17H17ClN2O3S/c1-24-12-8-6-11(7-9-12)15(21)10-19-16(22)17(23)20-14-5-3-2-4-13(14)18/h2-9,15,21H,10H2,1H3,(H,19,22)(H,20,23). The molecular formula is C17H17ClN2O3S. The van der Waals surface area contributed by atoms with Gasteiger partial charge in [0.2, 0.25) is 0 Å². The van der Waals surface area contributed by atoms with Crippen LogP contribution in [0.5, 0.6) is 0 Å². The number of nitrogens with one attached hydrogen (secondary N) is 2. The molecule has 0 spiro atoms. The quantitative estimate of drug-likeness (QED) is 0.563. The van der Waals surface area contributed by atoms with Crippen molar-refractivity contribution in [3.05, 3.63) is 59.1 Å². The molecule has 1 atom stereocenters. The Balaban J connectivity index is 1.87. The smallest absolute Gasteiger partial charge is 0.313 e. The zero-order valence-corrected chi connectivity index (χ0v) is 14.5. The number of amides is 2. The molecule has 7 heteroatoms. The molecule has 24 heavy (non-hydrogen) atoms. The molecule has 5 nitrogen and oxygen atoms in total. The summed E-state index contributed by atoms with van der Waals surface area (Å²) in [6, 6.07) is 14.0. The molecule has 0 saturated heterocycles. The molecule has 0 radical (unpaired) electrons. The molecule has 0 aliphatic carbocycles. The van der Waals surface area contributed by atoms with Crippen LogP contribution in [0.25, 0.3) is 0 Å². The molecule has 0 aliphatic rings. The van der Waals surface area contributed by atoms with E-state index in [0.717, 1.165) is 4.90 Å². The molecule has 2 rings (SSSR count). The lowest BCUT2D eigenvalue weighted by atomic mass is 10.1. The van der Waals surface area contributed by atoms with Crippen molar-refractivity contribution in [1.29, 1.82) is 0 Å². The van der Waals surface area contributed by atoms with E-state index >= 15 is 0 Å². The molecule has 126 valence electrons. The first-order valence-corrected chi connectivity index (χ1v) is 8.77. The Morgan fingerprint density at radius 1 is 1.12 bits per heavy atom.